The monoisotopic (exact) mass is 527 g/mol. The molecule has 2 rings (SSSR count). The van der Waals surface area contributed by atoms with Crippen LogP contribution < -0.4 is 19.4 Å². The van der Waals surface area contributed by atoms with E-state index >= 15 is 0 Å². The second-order valence-electron chi connectivity index (χ2n) is 7.74. The molecule has 0 unspecified atom stereocenters. The highest BCUT2D eigenvalue weighted by molar-refractivity contribution is 6.45. The summed E-state index contributed by atoms with van der Waals surface area (Å²) in [6.07, 6.45) is 6.50. The summed E-state index contributed by atoms with van der Waals surface area (Å²) in [5.41, 5.74) is 3.64. The topological polar surface area (TPSA) is 130 Å². The van der Waals surface area contributed by atoms with E-state index in [1.807, 2.05) is 6.92 Å². The maximum Gasteiger partial charge on any atom is 0.373 e. The number of aldehydes is 1. The molecule has 2 aromatic carbocycles. The van der Waals surface area contributed by atoms with Crippen LogP contribution in [-0.2, 0) is 25.6 Å². The van der Waals surface area contributed by atoms with Crippen LogP contribution in [0, 0.1) is 6.92 Å². The molecule has 0 aliphatic heterocycles. The van der Waals surface area contributed by atoms with Crippen molar-refractivity contribution in [1.82, 2.24) is 5.23 Å². The fourth-order valence-electron chi connectivity index (χ4n) is 3.15. The first-order chi connectivity index (χ1) is 18.1. The van der Waals surface area contributed by atoms with E-state index in [1.54, 1.807) is 64.6 Å². The number of carbonyl (C=O) groups excluding carboxylic acids is 3. The lowest BCUT2D eigenvalue weighted by Crippen LogP contribution is -2.30. The van der Waals surface area contributed by atoms with Crippen LogP contribution in [0.1, 0.15) is 32.6 Å². The van der Waals surface area contributed by atoms with Crippen molar-refractivity contribution < 1.29 is 43.1 Å². The van der Waals surface area contributed by atoms with Crippen molar-refractivity contribution in [2.24, 2.45) is 0 Å². The number of ether oxygens (including phenoxy) is 5. The summed E-state index contributed by atoms with van der Waals surface area (Å²) >= 11 is 0. The number of aryl methyl sites for hydroxylation is 1. The minimum Gasteiger partial charge on any atom is -0.496 e. The Kier molecular flexibility index (Phi) is 14.0. The van der Waals surface area contributed by atoms with Crippen molar-refractivity contribution in [3.8, 4) is 17.2 Å². The zero-order valence-electron chi connectivity index (χ0n) is 22.7. The maximum absolute atomic E-state index is 11.2. The molecule has 0 saturated carbocycles. The van der Waals surface area contributed by atoms with Crippen LogP contribution in [0.2, 0.25) is 6.82 Å². The molecule has 0 aliphatic rings. The maximum atomic E-state index is 11.2. The predicted molar refractivity (Wildman–Crippen MR) is 145 cm³/mol. The summed E-state index contributed by atoms with van der Waals surface area (Å²) in [4.78, 5) is 33.1. The van der Waals surface area contributed by atoms with Crippen molar-refractivity contribution in [3.63, 3.8) is 0 Å². The summed E-state index contributed by atoms with van der Waals surface area (Å²) < 4.78 is 24.7. The lowest BCUT2D eigenvalue weighted by atomic mass is 9.88. The van der Waals surface area contributed by atoms with Crippen LogP contribution in [0.4, 0.5) is 0 Å². The van der Waals surface area contributed by atoms with Gasteiger partial charge in [0.25, 0.3) is 0 Å². The van der Waals surface area contributed by atoms with Gasteiger partial charge in [0.2, 0.25) is 0 Å². The molecule has 0 bridgehead atoms. The van der Waals surface area contributed by atoms with Gasteiger partial charge in [0.1, 0.15) is 5.75 Å². The zero-order chi connectivity index (χ0) is 28.7. The molecule has 0 fully saturated rings. The molecule has 10 nitrogen and oxygen atoms in total. The van der Waals surface area contributed by atoms with Crippen LogP contribution >= 0.6 is 0 Å². The molecule has 0 radical (unpaired) electrons. The van der Waals surface area contributed by atoms with Crippen LogP contribution in [0.5, 0.6) is 17.2 Å². The van der Waals surface area contributed by atoms with E-state index < -0.39 is 19.0 Å². The van der Waals surface area contributed by atoms with Crippen LogP contribution in [-0.4, -0.2) is 65.8 Å². The Labute approximate surface area is 223 Å². The molecule has 38 heavy (non-hydrogen) atoms. The number of hydrogen-bond donors (Lipinski definition) is 2. The van der Waals surface area contributed by atoms with Gasteiger partial charge in [-0.3, -0.25) is 4.79 Å². The third-order valence-electron chi connectivity index (χ3n) is 5.16. The van der Waals surface area contributed by atoms with Gasteiger partial charge < -0.3 is 33.9 Å². The molecular formula is C27H34BNO9. The van der Waals surface area contributed by atoms with Gasteiger partial charge in [-0.05, 0) is 72.4 Å². The third-order valence-corrected chi connectivity index (χ3v) is 5.16. The van der Waals surface area contributed by atoms with Gasteiger partial charge in [0.15, 0.2) is 17.8 Å². The van der Waals surface area contributed by atoms with Crippen molar-refractivity contribution in [3.05, 3.63) is 64.2 Å². The first-order valence-corrected chi connectivity index (χ1v) is 11.5. The van der Waals surface area contributed by atoms with Gasteiger partial charge in [0, 0.05) is 24.3 Å². The minimum atomic E-state index is -0.643. The van der Waals surface area contributed by atoms with Gasteiger partial charge in [-0.15, -0.1) is 0 Å². The number of esters is 2. The second kappa shape index (κ2) is 16.6. The van der Waals surface area contributed by atoms with Gasteiger partial charge in [0.05, 0.1) is 35.5 Å². The quantitative estimate of drug-likeness (QED) is 0.195. The highest BCUT2D eigenvalue weighted by atomic mass is 16.5. The molecule has 0 atom stereocenters. The van der Waals surface area contributed by atoms with Crippen molar-refractivity contribution in [2.45, 2.75) is 20.3 Å². The summed E-state index contributed by atoms with van der Waals surface area (Å²) in [6.45, 7) is 3.91. The van der Waals surface area contributed by atoms with Gasteiger partial charge in [-0.1, -0.05) is 0 Å². The van der Waals surface area contributed by atoms with E-state index in [1.165, 1.54) is 26.4 Å². The Morgan fingerprint density at radius 3 is 1.79 bits per heavy atom. The highest BCUT2D eigenvalue weighted by Crippen LogP contribution is 2.31. The summed E-state index contributed by atoms with van der Waals surface area (Å²) in [6, 6.07) is 6.98. The Morgan fingerprint density at radius 1 is 0.816 bits per heavy atom. The lowest BCUT2D eigenvalue weighted by Gasteiger charge is -2.14. The number of hydrogen-bond acceptors (Lipinski definition) is 10. The summed E-state index contributed by atoms with van der Waals surface area (Å²) in [5.74, 6) is 0.870. The SMILES string of the molecule is COC(=O)/C=C/c1cc(C)c(OC)cc1C=O.COC(=O)/C=C/c1cc(OC)c(OC)cc1CNB(C)O. The third kappa shape index (κ3) is 10.1. The summed E-state index contributed by atoms with van der Waals surface area (Å²) in [7, 11) is 6.60. The predicted octanol–water partition coefficient (Wildman–Crippen LogP) is 3.09. The lowest BCUT2D eigenvalue weighted by molar-refractivity contribution is -0.135. The number of rotatable bonds is 11. The van der Waals surface area contributed by atoms with E-state index in [2.05, 4.69) is 14.7 Å². The van der Waals surface area contributed by atoms with Crippen LogP contribution in [0.25, 0.3) is 12.2 Å². The fraction of sp³-hybridized carbons (Fsp3) is 0.296. The average Bonchev–Trinajstić information content (AvgIpc) is 2.93. The number of carbonyl (C=O) groups is 3. The largest absolute Gasteiger partial charge is 0.496 e. The standard InChI is InChI=1S/C14H20BNO5.C13H14O4/c1-15(18)16-9-11-8-13(20-3)12(19-2)7-10(11)5-6-14(17)21-4;1-9-6-10(4-5-13(15)17-3)11(8-14)7-12(9)16-2/h5-8,16,18H,9H2,1-4H3;4-8H,1-3H3/b6-5+;5-4+. The van der Waals surface area contributed by atoms with Crippen molar-refractivity contribution in [2.75, 3.05) is 35.5 Å². The molecule has 0 spiro atoms. The van der Waals surface area contributed by atoms with Crippen molar-refractivity contribution >= 4 is 37.4 Å². The fourth-order valence-corrected chi connectivity index (χ4v) is 3.15. The summed E-state index contributed by atoms with van der Waals surface area (Å²) in [5, 5.41) is 12.2. The Hall–Kier alpha value is -4.09. The molecule has 2 aromatic rings. The first kappa shape index (κ1) is 31.9. The molecule has 204 valence electrons. The Balaban J connectivity index is 0.000000389. The van der Waals surface area contributed by atoms with E-state index in [0.717, 1.165) is 23.0 Å². The van der Waals surface area contributed by atoms with Gasteiger partial charge in [-0.2, -0.15) is 0 Å². The number of methoxy groups -OCH3 is 5. The molecule has 0 amide bonds. The van der Waals surface area contributed by atoms with Crippen LogP contribution in [0.15, 0.2) is 36.4 Å². The molecule has 0 aliphatic carbocycles. The van der Waals surface area contributed by atoms with E-state index in [-0.39, 0.29) is 0 Å². The Bertz CT molecular complexity index is 1160. The van der Waals surface area contributed by atoms with Crippen molar-refractivity contribution in [1.29, 1.82) is 0 Å². The average molecular weight is 527 g/mol. The van der Waals surface area contributed by atoms with Gasteiger partial charge in [-0.25, -0.2) is 9.59 Å². The van der Waals surface area contributed by atoms with E-state index in [9.17, 15) is 19.4 Å². The van der Waals surface area contributed by atoms with E-state index in [4.69, 9.17) is 14.2 Å². The van der Waals surface area contributed by atoms with E-state index in [0.29, 0.717) is 34.9 Å². The zero-order valence-corrected chi connectivity index (χ0v) is 22.7. The Morgan fingerprint density at radius 2 is 1.32 bits per heavy atom. The molecule has 2 N–H and O–H groups in total. The smallest absolute Gasteiger partial charge is 0.373 e. The molecular weight excluding hydrogens is 493 g/mol. The second-order valence-corrected chi connectivity index (χ2v) is 7.74. The minimum absolute atomic E-state index is 0.416. The number of nitrogens with one attached hydrogen (secondary N) is 1. The van der Waals surface area contributed by atoms with Gasteiger partial charge >= 0.3 is 19.0 Å². The molecule has 0 saturated heterocycles. The van der Waals surface area contributed by atoms with Crippen LogP contribution in [0.3, 0.4) is 0 Å². The molecule has 11 heteroatoms. The number of benzene rings is 2. The molecule has 0 aromatic heterocycles. The highest BCUT2D eigenvalue weighted by Gasteiger charge is 2.11. The normalized spacial score (nSPS) is 10.4. The molecule has 0 heterocycles. The first-order valence-electron chi connectivity index (χ1n) is 11.5.